The summed E-state index contributed by atoms with van der Waals surface area (Å²) in [5, 5.41) is 2.74. The number of rotatable bonds is 5. The van der Waals surface area contributed by atoms with Crippen LogP contribution in [0.15, 0.2) is 5.38 Å². The van der Waals surface area contributed by atoms with Gasteiger partial charge in [-0.15, -0.1) is 11.3 Å². The maximum Gasteiger partial charge on any atom is 0.180 e. The second-order valence-corrected chi connectivity index (χ2v) is 5.99. The molecule has 0 saturated carbocycles. The van der Waals surface area contributed by atoms with Crippen molar-refractivity contribution in [3.63, 3.8) is 0 Å². The highest BCUT2D eigenvalue weighted by Crippen LogP contribution is 2.14. The van der Waals surface area contributed by atoms with Crippen molar-refractivity contribution in [1.82, 2.24) is 19.7 Å². The monoisotopic (exact) mass is 269 g/mol. The molecule has 2 N–H and O–H groups in total. The molecule has 0 amide bonds. The van der Waals surface area contributed by atoms with Crippen molar-refractivity contribution in [1.29, 1.82) is 0 Å². The molecule has 0 atom stereocenters. The number of aromatic nitrogens is 1. The molecule has 102 valence electrons. The van der Waals surface area contributed by atoms with E-state index < -0.39 is 0 Å². The number of nitrogen functional groups attached to an aromatic ring is 1. The SMILES string of the molecule is CN(C)CCN1CCN(Cc2csc(N)n2)CC1. The van der Waals surface area contributed by atoms with Crippen LogP contribution in [0, 0.1) is 0 Å². The second-order valence-electron chi connectivity index (χ2n) is 5.10. The summed E-state index contributed by atoms with van der Waals surface area (Å²) in [6.45, 7) is 7.83. The fourth-order valence-electron chi connectivity index (χ4n) is 2.14. The smallest absolute Gasteiger partial charge is 0.180 e. The second kappa shape index (κ2) is 6.47. The summed E-state index contributed by atoms with van der Waals surface area (Å²) in [6, 6.07) is 0. The van der Waals surface area contributed by atoms with Crippen molar-refractivity contribution >= 4 is 16.5 Å². The fraction of sp³-hybridized carbons (Fsp3) is 0.750. The van der Waals surface area contributed by atoms with Crippen molar-refractivity contribution in [2.75, 3.05) is 59.1 Å². The molecular weight excluding hydrogens is 246 g/mol. The Morgan fingerprint density at radius 3 is 2.50 bits per heavy atom. The van der Waals surface area contributed by atoms with E-state index in [4.69, 9.17) is 5.73 Å². The van der Waals surface area contributed by atoms with E-state index in [-0.39, 0.29) is 0 Å². The molecule has 1 aromatic rings. The standard InChI is InChI=1S/C12H23N5S/c1-15(2)3-4-16-5-7-17(8-6-16)9-11-10-18-12(13)14-11/h10H,3-9H2,1-2H3,(H2,13,14). The van der Waals surface area contributed by atoms with Crippen LogP contribution in [0.5, 0.6) is 0 Å². The third-order valence-corrected chi connectivity index (χ3v) is 4.01. The van der Waals surface area contributed by atoms with Crippen molar-refractivity contribution < 1.29 is 0 Å². The summed E-state index contributed by atoms with van der Waals surface area (Å²) < 4.78 is 0. The number of hydrogen-bond acceptors (Lipinski definition) is 6. The van der Waals surface area contributed by atoms with Crippen LogP contribution >= 0.6 is 11.3 Å². The highest BCUT2D eigenvalue weighted by atomic mass is 32.1. The lowest BCUT2D eigenvalue weighted by molar-refractivity contribution is 0.120. The maximum atomic E-state index is 5.65. The number of anilines is 1. The quantitative estimate of drug-likeness (QED) is 0.839. The minimum Gasteiger partial charge on any atom is -0.375 e. The number of hydrogen-bond donors (Lipinski definition) is 1. The van der Waals surface area contributed by atoms with Gasteiger partial charge in [-0.1, -0.05) is 0 Å². The Labute approximate surface area is 113 Å². The summed E-state index contributed by atoms with van der Waals surface area (Å²) in [6.07, 6.45) is 0. The molecule has 0 aliphatic carbocycles. The zero-order chi connectivity index (χ0) is 13.0. The van der Waals surface area contributed by atoms with Gasteiger partial charge in [-0.2, -0.15) is 0 Å². The van der Waals surface area contributed by atoms with E-state index in [1.165, 1.54) is 17.9 Å². The van der Waals surface area contributed by atoms with Gasteiger partial charge in [0, 0.05) is 51.2 Å². The lowest BCUT2D eigenvalue weighted by Crippen LogP contribution is -2.47. The van der Waals surface area contributed by atoms with Gasteiger partial charge in [0.1, 0.15) is 0 Å². The Morgan fingerprint density at radius 2 is 1.94 bits per heavy atom. The van der Waals surface area contributed by atoms with E-state index in [1.807, 2.05) is 0 Å². The summed E-state index contributed by atoms with van der Waals surface area (Å²) in [7, 11) is 4.26. The average Bonchev–Trinajstić information content (AvgIpc) is 2.74. The minimum atomic E-state index is 0.676. The Bertz CT molecular complexity index is 357. The predicted molar refractivity (Wildman–Crippen MR) is 76.8 cm³/mol. The highest BCUT2D eigenvalue weighted by molar-refractivity contribution is 7.13. The largest absolute Gasteiger partial charge is 0.375 e. The van der Waals surface area contributed by atoms with Crippen molar-refractivity contribution in [3.05, 3.63) is 11.1 Å². The van der Waals surface area contributed by atoms with Crippen LogP contribution in [0.3, 0.4) is 0 Å². The van der Waals surface area contributed by atoms with E-state index in [2.05, 4.69) is 39.2 Å². The summed E-state index contributed by atoms with van der Waals surface area (Å²) >= 11 is 1.53. The van der Waals surface area contributed by atoms with Crippen LogP contribution in [-0.4, -0.2) is 73.0 Å². The molecule has 1 aliphatic heterocycles. The van der Waals surface area contributed by atoms with Crippen LogP contribution in [0.25, 0.3) is 0 Å². The highest BCUT2D eigenvalue weighted by Gasteiger charge is 2.17. The lowest BCUT2D eigenvalue weighted by Gasteiger charge is -2.34. The molecule has 1 fully saturated rings. The fourth-order valence-corrected chi connectivity index (χ4v) is 2.69. The van der Waals surface area contributed by atoms with Crippen LogP contribution < -0.4 is 5.73 Å². The number of nitrogens with zero attached hydrogens (tertiary/aromatic N) is 4. The molecule has 2 heterocycles. The molecule has 0 bridgehead atoms. The Kier molecular flexibility index (Phi) is 4.94. The molecule has 6 heteroatoms. The van der Waals surface area contributed by atoms with Gasteiger partial charge < -0.3 is 10.6 Å². The maximum absolute atomic E-state index is 5.65. The zero-order valence-electron chi connectivity index (χ0n) is 11.3. The Hall–Kier alpha value is -0.690. The topological polar surface area (TPSA) is 48.6 Å². The van der Waals surface area contributed by atoms with Gasteiger partial charge >= 0.3 is 0 Å². The van der Waals surface area contributed by atoms with Crippen LogP contribution in [0.4, 0.5) is 5.13 Å². The molecule has 0 aromatic carbocycles. The van der Waals surface area contributed by atoms with Gasteiger partial charge in [-0.3, -0.25) is 9.80 Å². The van der Waals surface area contributed by atoms with E-state index >= 15 is 0 Å². The first kappa shape index (κ1) is 13.7. The first-order valence-corrected chi connectivity index (χ1v) is 7.31. The van der Waals surface area contributed by atoms with Gasteiger partial charge in [-0.25, -0.2) is 4.98 Å². The lowest BCUT2D eigenvalue weighted by atomic mass is 10.3. The molecule has 5 nitrogen and oxygen atoms in total. The average molecular weight is 269 g/mol. The predicted octanol–water partition coefficient (Wildman–Crippen LogP) is 0.405. The van der Waals surface area contributed by atoms with Crippen LogP contribution in [0.2, 0.25) is 0 Å². The van der Waals surface area contributed by atoms with E-state index in [0.29, 0.717) is 5.13 Å². The summed E-state index contributed by atoms with van der Waals surface area (Å²) in [5.41, 5.74) is 6.76. The van der Waals surface area contributed by atoms with E-state index in [0.717, 1.165) is 45.0 Å². The molecule has 1 saturated heterocycles. The Morgan fingerprint density at radius 1 is 1.28 bits per heavy atom. The number of piperazine rings is 1. The molecule has 2 rings (SSSR count). The first-order chi connectivity index (χ1) is 8.63. The molecule has 18 heavy (non-hydrogen) atoms. The third-order valence-electron chi connectivity index (χ3n) is 3.28. The van der Waals surface area contributed by atoms with Gasteiger partial charge in [0.25, 0.3) is 0 Å². The van der Waals surface area contributed by atoms with Crippen molar-refractivity contribution in [3.8, 4) is 0 Å². The summed E-state index contributed by atoms with van der Waals surface area (Å²) in [4.78, 5) is 11.6. The molecule has 0 spiro atoms. The van der Waals surface area contributed by atoms with Crippen LogP contribution in [-0.2, 0) is 6.54 Å². The molecule has 0 radical (unpaired) electrons. The molecule has 0 unspecified atom stereocenters. The van der Waals surface area contributed by atoms with Crippen molar-refractivity contribution in [2.24, 2.45) is 0 Å². The zero-order valence-corrected chi connectivity index (χ0v) is 12.1. The van der Waals surface area contributed by atoms with Gasteiger partial charge in [0.15, 0.2) is 5.13 Å². The molecule has 1 aliphatic rings. The third kappa shape index (κ3) is 4.20. The molecule has 1 aromatic heterocycles. The number of nitrogens with two attached hydrogens (primary N) is 1. The van der Waals surface area contributed by atoms with Gasteiger partial charge in [0.05, 0.1) is 5.69 Å². The van der Waals surface area contributed by atoms with E-state index in [1.54, 1.807) is 0 Å². The van der Waals surface area contributed by atoms with Crippen molar-refractivity contribution in [2.45, 2.75) is 6.54 Å². The van der Waals surface area contributed by atoms with Crippen LogP contribution in [0.1, 0.15) is 5.69 Å². The molecular formula is C12H23N5S. The van der Waals surface area contributed by atoms with E-state index in [9.17, 15) is 0 Å². The summed E-state index contributed by atoms with van der Waals surface area (Å²) in [5.74, 6) is 0. The minimum absolute atomic E-state index is 0.676. The van der Waals surface area contributed by atoms with Gasteiger partial charge in [0.2, 0.25) is 0 Å². The number of likely N-dealkylation sites (N-methyl/N-ethyl adjacent to an activating group) is 1. The Balaban J connectivity index is 1.70. The first-order valence-electron chi connectivity index (χ1n) is 6.43. The normalized spacial score (nSPS) is 18.6. The number of thiazole rings is 1. The van der Waals surface area contributed by atoms with Gasteiger partial charge in [-0.05, 0) is 14.1 Å².